The van der Waals surface area contributed by atoms with Gasteiger partial charge in [-0.05, 0) is 44.7 Å². The number of hydrogen-bond donors (Lipinski definition) is 1. The number of nitrogens with zero attached hydrogens (tertiary/aromatic N) is 3. The minimum absolute atomic E-state index is 0.0582. The fourth-order valence-corrected chi connectivity index (χ4v) is 4.33. The smallest absolute Gasteiger partial charge is 0.286 e. The Hall–Kier alpha value is -2.28. The highest BCUT2D eigenvalue weighted by molar-refractivity contribution is 7.13. The normalized spacial score (nSPS) is 16.7. The van der Waals surface area contributed by atoms with E-state index in [1.165, 1.54) is 11.3 Å². The molecule has 6 nitrogen and oxygen atoms in total. The van der Waals surface area contributed by atoms with Gasteiger partial charge in [-0.25, -0.2) is 0 Å². The van der Waals surface area contributed by atoms with Gasteiger partial charge in [0.1, 0.15) is 5.01 Å². The van der Waals surface area contributed by atoms with Crippen LogP contribution in [0.1, 0.15) is 65.9 Å². The minimum Gasteiger partial charge on any atom is -0.333 e. The molecule has 1 aromatic carbocycles. The van der Waals surface area contributed by atoms with E-state index < -0.39 is 0 Å². The van der Waals surface area contributed by atoms with Crippen molar-refractivity contribution in [1.82, 2.24) is 15.1 Å². The number of likely N-dealkylation sites (tertiary alicyclic amines) is 1. The van der Waals surface area contributed by atoms with Crippen molar-refractivity contribution in [3.8, 4) is 0 Å². The summed E-state index contributed by atoms with van der Waals surface area (Å²) in [4.78, 5) is 27.2. The third-order valence-corrected chi connectivity index (χ3v) is 6.12. The number of hydrogen-bond acceptors (Lipinski definition) is 5. The molecule has 2 heterocycles. The molecule has 27 heavy (non-hydrogen) atoms. The number of aromatic nitrogens is 2. The molecule has 1 saturated heterocycles. The Morgan fingerprint density at radius 2 is 1.93 bits per heavy atom. The molecular formula is C20H26N4O2S. The van der Waals surface area contributed by atoms with Gasteiger partial charge >= 0.3 is 0 Å². The first-order chi connectivity index (χ1) is 13.0. The third-order valence-electron chi connectivity index (χ3n) is 5.10. The van der Waals surface area contributed by atoms with Gasteiger partial charge in [-0.1, -0.05) is 42.9 Å². The van der Waals surface area contributed by atoms with E-state index in [0.717, 1.165) is 48.5 Å². The zero-order chi connectivity index (χ0) is 19.4. The van der Waals surface area contributed by atoms with Crippen LogP contribution in [-0.4, -0.2) is 33.5 Å². The van der Waals surface area contributed by atoms with Crippen molar-refractivity contribution < 1.29 is 9.59 Å². The van der Waals surface area contributed by atoms with E-state index in [2.05, 4.69) is 29.4 Å². The van der Waals surface area contributed by atoms with E-state index in [1.54, 1.807) is 0 Å². The molecule has 2 amide bonds. The van der Waals surface area contributed by atoms with Crippen molar-refractivity contribution in [2.75, 3.05) is 11.9 Å². The summed E-state index contributed by atoms with van der Waals surface area (Å²) in [6, 6.07) is 7.56. The summed E-state index contributed by atoms with van der Waals surface area (Å²) >= 11 is 1.28. The van der Waals surface area contributed by atoms with Gasteiger partial charge in [-0.2, -0.15) is 0 Å². The molecule has 144 valence electrons. The van der Waals surface area contributed by atoms with Crippen LogP contribution in [0.2, 0.25) is 0 Å². The van der Waals surface area contributed by atoms with Crippen LogP contribution >= 0.6 is 11.3 Å². The monoisotopic (exact) mass is 386 g/mol. The Bertz CT molecular complexity index is 799. The maximum Gasteiger partial charge on any atom is 0.286 e. The Morgan fingerprint density at radius 3 is 2.59 bits per heavy atom. The maximum atomic E-state index is 12.8. The van der Waals surface area contributed by atoms with Crippen molar-refractivity contribution in [2.24, 2.45) is 5.92 Å². The van der Waals surface area contributed by atoms with Gasteiger partial charge in [0.25, 0.3) is 5.91 Å². The van der Waals surface area contributed by atoms with E-state index in [0.29, 0.717) is 5.01 Å². The van der Waals surface area contributed by atoms with Crippen LogP contribution in [0.4, 0.5) is 5.69 Å². The fraction of sp³-hybridized carbons (Fsp3) is 0.500. The van der Waals surface area contributed by atoms with Crippen LogP contribution in [0, 0.1) is 12.8 Å². The van der Waals surface area contributed by atoms with Crippen molar-refractivity contribution in [3.05, 3.63) is 39.8 Å². The number of rotatable bonds is 6. The molecule has 1 aliphatic heterocycles. The van der Waals surface area contributed by atoms with Gasteiger partial charge in [-0.3, -0.25) is 9.59 Å². The van der Waals surface area contributed by atoms with Crippen molar-refractivity contribution in [1.29, 1.82) is 0 Å². The molecule has 7 heteroatoms. The van der Waals surface area contributed by atoms with Crippen molar-refractivity contribution in [3.63, 3.8) is 0 Å². The third kappa shape index (κ3) is 4.35. The summed E-state index contributed by atoms with van der Waals surface area (Å²) < 4.78 is 0. The first kappa shape index (κ1) is 19.5. The van der Waals surface area contributed by atoms with Gasteiger partial charge < -0.3 is 10.2 Å². The molecule has 0 saturated carbocycles. The van der Waals surface area contributed by atoms with E-state index in [1.807, 2.05) is 36.1 Å². The second-order valence-corrected chi connectivity index (χ2v) is 7.98. The maximum absolute atomic E-state index is 12.8. The van der Waals surface area contributed by atoms with Crippen LogP contribution in [-0.2, 0) is 4.79 Å². The molecule has 0 bridgehead atoms. The summed E-state index contributed by atoms with van der Waals surface area (Å²) in [5.74, 6) is -0.00958. The summed E-state index contributed by atoms with van der Waals surface area (Å²) in [6.45, 7) is 6.86. The highest BCUT2D eigenvalue weighted by Gasteiger charge is 2.35. The first-order valence-corrected chi connectivity index (χ1v) is 10.4. The van der Waals surface area contributed by atoms with Crippen LogP contribution < -0.4 is 5.32 Å². The van der Waals surface area contributed by atoms with Crippen molar-refractivity contribution >= 4 is 28.8 Å². The lowest BCUT2D eigenvalue weighted by Crippen LogP contribution is -2.35. The minimum atomic E-state index is -0.265. The second-order valence-electron chi connectivity index (χ2n) is 6.97. The van der Waals surface area contributed by atoms with E-state index in [4.69, 9.17) is 0 Å². The molecule has 1 unspecified atom stereocenters. The predicted octanol–water partition coefficient (Wildman–Crippen LogP) is 4.20. The summed E-state index contributed by atoms with van der Waals surface area (Å²) in [5, 5.41) is 12.2. The number of benzene rings is 1. The Morgan fingerprint density at radius 1 is 1.22 bits per heavy atom. The summed E-state index contributed by atoms with van der Waals surface area (Å²) in [7, 11) is 0. The molecule has 3 rings (SSSR count). The molecule has 0 aliphatic carbocycles. The van der Waals surface area contributed by atoms with Gasteiger partial charge in [0.05, 0.1) is 6.04 Å². The molecule has 1 aromatic heterocycles. The van der Waals surface area contributed by atoms with E-state index in [9.17, 15) is 9.59 Å². The zero-order valence-electron chi connectivity index (χ0n) is 16.1. The van der Waals surface area contributed by atoms with Crippen molar-refractivity contribution in [2.45, 2.75) is 52.5 Å². The van der Waals surface area contributed by atoms with Crippen LogP contribution in [0.3, 0.4) is 0 Å². The Labute approximate surface area is 164 Å². The van der Waals surface area contributed by atoms with Crippen LogP contribution in [0.25, 0.3) is 0 Å². The predicted molar refractivity (Wildman–Crippen MR) is 107 cm³/mol. The summed E-state index contributed by atoms with van der Waals surface area (Å²) in [6.07, 6.45) is 3.53. The second kappa shape index (κ2) is 8.61. The number of anilines is 1. The number of carbonyl (C=O) groups is 2. The average molecular weight is 387 g/mol. The number of amides is 2. The molecule has 1 aliphatic rings. The molecule has 2 aromatic rings. The molecule has 1 fully saturated rings. The van der Waals surface area contributed by atoms with Crippen LogP contribution in [0.15, 0.2) is 24.3 Å². The number of nitrogens with one attached hydrogen (secondary N) is 1. The van der Waals surface area contributed by atoms with Gasteiger partial charge in [0.15, 0.2) is 0 Å². The Kier molecular flexibility index (Phi) is 6.21. The number of aryl methyl sites for hydroxylation is 1. The highest BCUT2D eigenvalue weighted by atomic mass is 32.1. The van der Waals surface area contributed by atoms with E-state index >= 15 is 0 Å². The average Bonchev–Trinajstić information content (AvgIpc) is 3.33. The van der Waals surface area contributed by atoms with Gasteiger partial charge in [-0.15, -0.1) is 10.2 Å². The molecule has 1 atom stereocenters. The zero-order valence-corrected chi connectivity index (χ0v) is 16.9. The molecule has 0 radical (unpaired) electrons. The van der Waals surface area contributed by atoms with Gasteiger partial charge in [0.2, 0.25) is 10.9 Å². The summed E-state index contributed by atoms with van der Waals surface area (Å²) in [5.41, 5.74) is 1.86. The molecular weight excluding hydrogens is 360 g/mol. The largest absolute Gasteiger partial charge is 0.333 e. The highest BCUT2D eigenvalue weighted by Crippen LogP contribution is 2.35. The van der Waals surface area contributed by atoms with Gasteiger partial charge in [0, 0.05) is 18.2 Å². The first-order valence-electron chi connectivity index (χ1n) is 9.55. The van der Waals surface area contributed by atoms with E-state index in [-0.39, 0.29) is 23.8 Å². The molecule has 1 N–H and O–H groups in total. The lowest BCUT2D eigenvalue weighted by molar-refractivity contribution is -0.136. The number of carbonyl (C=O) groups excluding carboxylic acids is 2. The lowest BCUT2D eigenvalue weighted by Gasteiger charge is -2.26. The lowest BCUT2D eigenvalue weighted by atomic mass is 10.0. The fourth-order valence-electron chi connectivity index (χ4n) is 3.44. The quantitative estimate of drug-likeness (QED) is 0.807. The van der Waals surface area contributed by atoms with Crippen LogP contribution in [0.5, 0.6) is 0 Å². The molecule has 0 spiro atoms. The Balaban J connectivity index is 1.71. The standard InChI is InChI=1S/C20H26N4O2S/c1-4-14(5-2)20(26)24-12-6-7-16(24)18-22-23-19(27-18)17(25)21-15-10-8-13(3)9-11-15/h8-11,14,16H,4-7,12H2,1-3H3,(H,21,25). The topological polar surface area (TPSA) is 75.2 Å². The SMILES string of the molecule is CCC(CC)C(=O)N1CCCC1c1nnc(C(=O)Nc2ccc(C)cc2)s1.